The smallest absolute Gasteiger partial charge is 0.270 e. The van der Waals surface area contributed by atoms with Crippen LogP contribution >= 0.6 is 0 Å². The van der Waals surface area contributed by atoms with Crippen molar-refractivity contribution in [1.29, 1.82) is 0 Å². The van der Waals surface area contributed by atoms with Gasteiger partial charge in [-0.1, -0.05) is 91.0 Å². The summed E-state index contributed by atoms with van der Waals surface area (Å²) < 4.78 is 0. The van der Waals surface area contributed by atoms with Crippen molar-refractivity contribution in [2.75, 3.05) is 44.6 Å². The number of anilines is 1. The highest BCUT2D eigenvalue weighted by atomic mass is 16.3. The van der Waals surface area contributed by atoms with E-state index in [9.17, 15) is 14.7 Å². The van der Waals surface area contributed by atoms with Crippen molar-refractivity contribution in [3.05, 3.63) is 114 Å². The molecular formula is C34H35N7O3. The van der Waals surface area contributed by atoms with Crippen molar-refractivity contribution in [3.8, 4) is 11.4 Å². The highest BCUT2D eigenvalue weighted by molar-refractivity contribution is 6.00. The molecule has 0 spiro atoms. The molecule has 3 heterocycles. The van der Waals surface area contributed by atoms with Gasteiger partial charge in [0.1, 0.15) is 17.2 Å². The number of benzene rings is 3. The minimum absolute atomic E-state index is 0.106. The number of aromatic nitrogens is 3. The number of aromatic amines is 1. The first kappa shape index (κ1) is 29.0. The van der Waals surface area contributed by atoms with E-state index in [0.29, 0.717) is 67.6 Å². The Hall–Kier alpha value is -5.06. The summed E-state index contributed by atoms with van der Waals surface area (Å²) >= 11 is 0. The van der Waals surface area contributed by atoms with Crippen LogP contribution in [0.1, 0.15) is 28.5 Å². The SMILES string of the molecule is CC(=O)NCCNc1nc(-c2ccccc2)nc2[nH]c(C(=O)N3CCN(C(O)(c4ccccc4)c4ccccc4)CC3)cc12. The number of aliphatic hydroxyl groups is 1. The summed E-state index contributed by atoms with van der Waals surface area (Å²) in [5, 5.41) is 18.9. The Morgan fingerprint density at radius 3 is 2.02 bits per heavy atom. The molecule has 3 aromatic carbocycles. The number of hydrogen-bond donors (Lipinski definition) is 4. The van der Waals surface area contributed by atoms with Crippen molar-refractivity contribution in [1.82, 2.24) is 30.1 Å². The quantitative estimate of drug-likeness (QED) is 0.193. The molecule has 44 heavy (non-hydrogen) atoms. The minimum Gasteiger partial charge on any atom is -0.368 e. The molecule has 1 saturated heterocycles. The van der Waals surface area contributed by atoms with Gasteiger partial charge in [-0.05, 0) is 6.07 Å². The predicted molar refractivity (Wildman–Crippen MR) is 170 cm³/mol. The van der Waals surface area contributed by atoms with Crippen LogP contribution in [-0.2, 0) is 10.5 Å². The molecule has 5 aromatic rings. The fourth-order valence-corrected chi connectivity index (χ4v) is 5.67. The van der Waals surface area contributed by atoms with Gasteiger partial charge in [-0.3, -0.25) is 14.5 Å². The number of H-pyrrole nitrogens is 1. The summed E-state index contributed by atoms with van der Waals surface area (Å²) in [7, 11) is 0. The van der Waals surface area contributed by atoms with Gasteiger partial charge in [-0.25, -0.2) is 9.97 Å². The Balaban J connectivity index is 1.24. The molecule has 224 valence electrons. The van der Waals surface area contributed by atoms with Crippen LogP contribution in [0.5, 0.6) is 0 Å². The zero-order valence-electron chi connectivity index (χ0n) is 24.5. The molecule has 10 nitrogen and oxygen atoms in total. The standard InChI is InChI=1S/C34H35N7O3/c1-24(42)35-17-18-36-31-28-23-29(37-32(28)39-30(38-31)25-11-5-2-6-12-25)33(43)40-19-21-41(22-20-40)34(44,26-13-7-3-8-14-26)27-15-9-4-10-16-27/h2-16,23,44H,17-22H2,1H3,(H,35,42)(H2,36,37,38,39). The molecule has 2 amide bonds. The molecule has 0 atom stereocenters. The molecular weight excluding hydrogens is 554 g/mol. The number of fused-ring (bicyclic) bond motifs is 1. The van der Waals surface area contributed by atoms with Gasteiger partial charge in [0, 0.05) is 62.9 Å². The second-order valence-corrected chi connectivity index (χ2v) is 10.8. The van der Waals surface area contributed by atoms with E-state index in [0.717, 1.165) is 16.7 Å². The molecule has 1 aliphatic rings. The largest absolute Gasteiger partial charge is 0.368 e. The van der Waals surface area contributed by atoms with Crippen LogP contribution in [0, 0.1) is 0 Å². The van der Waals surface area contributed by atoms with Crippen LogP contribution < -0.4 is 10.6 Å². The molecule has 0 aliphatic carbocycles. The zero-order valence-corrected chi connectivity index (χ0v) is 24.5. The lowest BCUT2D eigenvalue weighted by atomic mass is 9.92. The van der Waals surface area contributed by atoms with E-state index in [-0.39, 0.29) is 11.8 Å². The highest BCUT2D eigenvalue weighted by Crippen LogP contribution is 2.34. The van der Waals surface area contributed by atoms with Crippen LogP contribution in [0.4, 0.5) is 5.82 Å². The van der Waals surface area contributed by atoms with Gasteiger partial charge >= 0.3 is 0 Å². The fraction of sp³-hybridized carbons (Fsp3) is 0.235. The third-order valence-electron chi connectivity index (χ3n) is 7.92. The monoisotopic (exact) mass is 589 g/mol. The maximum absolute atomic E-state index is 13.8. The second-order valence-electron chi connectivity index (χ2n) is 10.8. The molecule has 0 bridgehead atoms. The number of carbonyl (C=O) groups excluding carboxylic acids is 2. The summed E-state index contributed by atoms with van der Waals surface area (Å²) in [5.41, 5.74) is 2.06. The summed E-state index contributed by atoms with van der Waals surface area (Å²) in [6, 6.07) is 30.7. The lowest BCUT2D eigenvalue weighted by molar-refractivity contribution is -0.118. The molecule has 0 radical (unpaired) electrons. The Bertz CT molecular complexity index is 1700. The van der Waals surface area contributed by atoms with Gasteiger partial charge in [-0.15, -0.1) is 0 Å². The van der Waals surface area contributed by atoms with Gasteiger partial charge in [0.2, 0.25) is 5.91 Å². The fourth-order valence-electron chi connectivity index (χ4n) is 5.67. The Morgan fingerprint density at radius 2 is 1.43 bits per heavy atom. The van der Waals surface area contributed by atoms with E-state index in [4.69, 9.17) is 9.97 Å². The molecule has 0 saturated carbocycles. The van der Waals surface area contributed by atoms with Crippen molar-refractivity contribution in [2.45, 2.75) is 12.6 Å². The van der Waals surface area contributed by atoms with Crippen molar-refractivity contribution in [2.24, 2.45) is 0 Å². The Labute approximate surface area is 255 Å². The number of amides is 2. The summed E-state index contributed by atoms with van der Waals surface area (Å²) in [5.74, 6) is 0.854. The minimum atomic E-state index is -1.32. The number of nitrogens with one attached hydrogen (secondary N) is 3. The molecule has 2 aromatic heterocycles. The normalized spacial score (nSPS) is 14.0. The first-order valence-corrected chi connectivity index (χ1v) is 14.8. The summed E-state index contributed by atoms with van der Waals surface area (Å²) in [6.07, 6.45) is 0. The Morgan fingerprint density at radius 1 is 0.841 bits per heavy atom. The molecule has 4 N–H and O–H groups in total. The average Bonchev–Trinajstić information content (AvgIpc) is 3.52. The lowest BCUT2D eigenvalue weighted by Gasteiger charge is -2.45. The maximum Gasteiger partial charge on any atom is 0.270 e. The van der Waals surface area contributed by atoms with E-state index in [1.807, 2.05) is 95.9 Å². The molecule has 0 unspecified atom stereocenters. The predicted octanol–water partition coefficient (Wildman–Crippen LogP) is 3.82. The van der Waals surface area contributed by atoms with Gasteiger partial charge in [0.05, 0.1) is 5.39 Å². The number of piperazine rings is 1. The number of carbonyl (C=O) groups is 2. The highest BCUT2D eigenvalue weighted by Gasteiger charge is 2.40. The van der Waals surface area contributed by atoms with Crippen LogP contribution in [0.3, 0.4) is 0 Å². The molecule has 10 heteroatoms. The van der Waals surface area contributed by atoms with Crippen LogP contribution in [-0.4, -0.2) is 80.9 Å². The van der Waals surface area contributed by atoms with Gasteiger partial charge < -0.3 is 25.6 Å². The number of rotatable bonds is 9. The summed E-state index contributed by atoms with van der Waals surface area (Å²) in [4.78, 5) is 41.6. The Kier molecular flexibility index (Phi) is 8.36. The molecule has 1 aliphatic heterocycles. The van der Waals surface area contributed by atoms with Gasteiger partial charge in [0.15, 0.2) is 11.5 Å². The maximum atomic E-state index is 13.8. The zero-order chi connectivity index (χ0) is 30.5. The van der Waals surface area contributed by atoms with Crippen LogP contribution in [0.15, 0.2) is 97.1 Å². The van der Waals surface area contributed by atoms with E-state index in [1.54, 1.807) is 11.0 Å². The van der Waals surface area contributed by atoms with Crippen molar-refractivity contribution < 1.29 is 14.7 Å². The van der Waals surface area contributed by atoms with Crippen molar-refractivity contribution in [3.63, 3.8) is 0 Å². The first-order chi connectivity index (χ1) is 21.4. The van der Waals surface area contributed by atoms with Gasteiger partial charge in [-0.2, -0.15) is 0 Å². The molecule has 6 rings (SSSR count). The van der Waals surface area contributed by atoms with Crippen LogP contribution in [0.25, 0.3) is 22.4 Å². The molecule has 1 fully saturated rings. The number of nitrogens with zero attached hydrogens (tertiary/aromatic N) is 4. The van der Waals surface area contributed by atoms with Gasteiger partial charge in [0.25, 0.3) is 5.91 Å². The average molecular weight is 590 g/mol. The lowest BCUT2D eigenvalue weighted by Crippen LogP contribution is -2.57. The van der Waals surface area contributed by atoms with E-state index < -0.39 is 5.72 Å². The van der Waals surface area contributed by atoms with Crippen molar-refractivity contribution >= 4 is 28.7 Å². The van der Waals surface area contributed by atoms with E-state index >= 15 is 0 Å². The second kappa shape index (κ2) is 12.7. The first-order valence-electron chi connectivity index (χ1n) is 14.8. The third kappa shape index (κ3) is 5.90. The van der Waals surface area contributed by atoms with Crippen LogP contribution in [0.2, 0.25) is 0 Å². The summed E-state index contributed by atoms with van der Waals surface area (Å²) in [6.45, 7) is 4.23. The van der Waals surface area contributed by atoms with E-state index in [1.165, 1.54) is 6.92 Å². The number of hydrogen-bond acceptors (Lipinski definition) is 7. The topological polar surface area (TPSA) is 126 Å². The third-order valence-corrected chi connectivity index (χ3v) is 7.92. The van der Waals surface area contributed by atoms with E-state index in [2.05, 4.69) is 15.6 Å².